The van der Waals surface area contributed by atoms with Gasteiger partial charge in [0.2, 0.25) is 0 Å². The van der Waals surface area contributed by atoms with E-state index in [0.717, 1.165) is 42.5 Å². The van der Waals surface area contributed by atoms with Gasteiger partial charge in [-0.3, -0.25) is 0 Å². The molecule has 0 atom stereocenters. The molecule has 0 saturated carbocycles. The summed E-state index contributed by atoms with van der Waals surface area (Å²) < 4.78 is 7.94. The molecule has 2 N–H and O–H groups in total. The summed E-state index contributed by atoms with van der Waals surface area (Å²) in [4.78, 5) is 4.82. The normalized spacial score (nSPS) is 13.4. The number of ether oxygens (including phenoxy) is 1. The number of aromatic nitrogens is 3. The van der Waals surface area contributed by atoms with Crippen molar-refractivity contribution in [1.82, 2.24) is 20.1 Å². The largest absolute Gasteiger partial charge is 0.491 e. The van der Waals surface area contributed by atoms with Crippen LogP contribution in [0.5, 0.6) is 5.75 Å². The third-order valence-corrected chi connectivity index (χ3v) is 5.26. The van der Waals surface area contributed by atoms with Crippen molar-refractivity contribution in [3.8, 4) is 5.75 Å². The first kappa shape index (κ1) is 20.9. The summed E-state index contributed by atoms with van der Waals surface area (Å²) in [5, 5.41) is 15.5. The Morgan fingerprint density at radius 3 is 2.71 bits per heavy atom. The molecule has 0 amide bonds. The Balaban J connectivity index is 1.48. The molecule has 1 aliphatic heterocycles. The van der Waals surface area contributed by atoms with E-state index >= 15 is 0 Å². The van der Waals surface area contributed by atoms with E-state index in [4.69, 9.17) is 9.73 Å². The lowest BCUT2D eigenvalue weighted by atomic mass is 10.1. The van der Waals surface area contributed by atoms with Crippen LogP contribution in [0.2, 0.25) is 0 Å². The van der Waals surface area contributed by atoms with Crippen molar-refractivity contribution in [3.05, 3.63) is 71.3 Å². The van der Waals surface area contributed by atoms with Gasteiger partial charge in [0, 0.05) is 18.7 Å². The van der Waals surface area contributed by atoms with E-state index in [1.165, 1.54) is 11.1 Å². The Hall–Kier alpha value is -3.35. The van der Waals surface area contributed by atoms with Gasteiger partial charge in [0.1, 0.15) is 11.6 Å². The average molecular weight is 419 g/mol. The minimum absolute atomic E-state index is 0.150. The number of aliphatic imine (C=N–C) groups is 1. The zero-order valence-electron chi connectivity index (χ0n) is 18.4. The van der Waals surface area contributed by atoms with E-state index < -0.39 is 0 Å². The molecule has 7 nitrogen and oxygen atoms in total. The van der Waals surface area contributed by atoms with Crippen molar-refractivity contribution in [3.63, 3.8) is 0 Å². The third-order valence-electron chi connectivity index (χ3n) is 5.26. The highest BCUT2D eigenvalue weighted by molar-refractivity contribution is 5.93. The van der Waals surface area contributed by atoms with Crippen molar-refractivity contribution in [2.45, 2.75) is 59.4 Å². The fourth-order valence-electron chi connectivity index (χ4n) is 3.62. The van der Waals surface area contributed by atoms with Crippen LogP contribution >= 0.6 is 0 Å². The van der Waals surface area contributed by atoms with Crippen molar-refractivity contribution in [1.29, 1.82) is 0 Å². The van der Waals surface area contributed by atoms with Crippen LogP contribution in [0.15, 0.2) is 53.5 Å². The fraction of sp³-hybridized carbons (Fsp3) is 0.375. The second-order valence-corrected chi connectivity index (χ2v) is 8.05. The van der Waals surface area contributed by atoms with Crippen molar-refractivity contribution < 1.29 is 4.74 Å². The van der Waals surface area contributed by atoms with Crippen LogP contribution in [0.4, 0.5) is 5.69 Å². The zero-order chi connectivity index (χ0) is 21.6. The molecule has 0 spiro atoms. The predicted molar refractivity (Wildman–Crippen MR) is 123 cm³/mol. The first-order valence-corrected chi connectivity index (χ1v) is 10.9. The molecule has 31 heavy (non-hydrogen) atoms. The summed E-state index contributed by atoms with van der Waals surface area (Å²) in [6.45, 7) is 8.30. The Morgan fingerprint density at radius 1 is 1.13 bits per heavy atom. The van der Waals surface area contributed by atoms with E-state index in [-0.39, 0.29) is 6.10 Å². The lowest BCUT2D eigenvalue weighted by Crippen LogP contribution is -2.31. The molecule has 0 aliphatic carbocycles. The van der Waals surface area contributed by atoms with Crippen molar-refractivity contribution in [2.75, 3.05) is 5.32 Å². The summed E-state index contributed by atoms with van der Waals surface area (Å²) >= 11 is 0. The molecule has 0 bridgehead atoms. The van der Waals surface area contributed by atoms with Gasteiger partial charge in [0.25, 0.3) is 0 Å². The maximum Gasteiger partial charge on any atom is 0.196 e. The third kappa shape index (κ3) is 5.42. The molecule has 0 radical (unpaired) electrons. The second-order valence-electron chi connectivity index (χ2n) is 8.05. The highest BCUT2D eigenvalue weighted by Crippen LogP contribution is 2.18. The number of guanidine groups is 1. The Bertz CT molecular complexity index is 1040. The van der Waals surface area contributed by atoms with Crippen molar-refractivity contribution in [2.24, 2.45) is 4.99 Å². The number of aryl methyl sites for hydroxylation is 2. The predicted octanol–water partition coefficient (Wildman–Crippen LogP) is 4.08. The number of fused-ring (bicyclic) bond motifs is 1. The summed E-state index contributed by atoms with van der Waals surface area (Å²) in [5.74, 6) is 3.57. The molecule has 0 unspecified atom stereocenters. The Kier molecular flexibility index (Phi) is 6.50. The molecule has 3 aromatic rings. The van der Waals surface area contributed by atoms with E-state index in [0.29, 0.717) is 19.0 Å². The van der Waals surface area contributed by atoms with Gasteiger partial charge in [-0.2, -0.15) is 0 Å². The molecular weight excluding hydrogens is 388 g/mol. The fourth-order valence-corrected chi connectivity index (χ4v) is 3.62. The number of rotatable bonds is 7. The SMILES string of the molecule is Cc1ccccc1CN=C(NCc1nnc2n1CCC2)Nc1ccc(OC(C)C)cc1. The lowest BCUT2D eigenvalue weighted by molar-refractivity contribution is 0.242. The van der Waals surface area contributed by atoms with Crippen LogP contribution in [0, 0.1) is 6.92 Å². The molecular formula is C24H30N6O. The average Bonchev–Trinajstić information content (AvgIpc) is 3.36. The number of hydrogen-bond donors (Lipinski definition) is 2. The van der Waals surface area contributed by atoms with Crippen LogP contribution < -0.4 is 15.4 Å². The van der Waals surface area contributed by atoms with Gasteiger partial charge in [-0.25, -0.2) is 4.99 Å². The van der Waals surface area contributed by atoms with E-state index in [9.17, 15) is 0 Å². The van der Waals surface area contributed by atoms with Crippen LogP contribution in [-0.2, 0) is 26.1 Å². The Labute approximate surface area is 183 Å². The molecule has 0 fully saturated rings. The number of nitrogens with zero attached hydrogens (tertiary/aromatic N) is 4. The van der Waals surface area contributed by atoms with Crippen LogP contribution in [-0.4, -0.2) is 26.8 Å². The summed E-state index contributed by atoms with van der Waals surface area (Å²) in [5.41, 5.74) is 3.38. The van der Waals surface area contributed by atoms with E-state index in [1.807, 2.05) is 50.2 Å². The van der Waals surface area contributed by atoms with Gasteiger partial charge < -0.3 is 19.9 Å². The number of hydrogen-bond acceptors (Lipinski definition) is 4. The van der Waals surface area contributed by atoms with Gasteiger partial charge in [-0.15, -0.1) is 10.2 Å². The maximum absolute atomic E-state index is 5.74. The second kappa shape index (κ2) is 9.64. The molecule has 1 aromatic heterocycles. The first-order valence-electron chi connectivity index (χ1n) is 10.9. The monoisotopic (exact) mass is 418 g/mol. The van der Waals surface area contributed by atoms with E-state index in [2.05, 4.69) is 44.5 Å². The number of benzene rings is 2. The number of nitrogens with one attached hydrogen (secondary N) is 2. The minimum Gasteiger partial charge on any atom is -0.491 e. The standard InChI is InChI=1S/C24H30N6O/c1-17(2)31-21-12-10-20(11-13-21)27-24(25-15-19-8-5-4-7-18(19)3)26-16-23-29-28-22-9-6-14-30(22)23/h4-5,7-8,10-13,17H,6,9,14-16H2,1-3H3,(H2,25,26,27). The molecule has 2 heterocycles. The molecule has 4 rings (SSSR count). The van der Waals surface area contributed by atoms with E-state index in [1.54, 1.807) is 0 Å². The lowest BCUT2D eigenvalue weighted by Gasteiger charge is -2.14. The Morgan fingerprint density at radius 2 is 1.94 bits per heavy atom. The molecule has 162 valence electrons. The van der Waals surface area contributed by atoms with Gasteiger partial charge >= 0.3 is 0 Å². The molecule has 2 aromatic carbocycles. The number of anilines is 1. The van der Waals surface area contributed by atoms with Crippen LogP contribution in [0.25, 0.3) is 0 Å². The smallest absolute Gasteiger partial charge is 0.196 e. The van der Waals surface area contributed by atoms with Crippen LogP contribution in [0.1, 0.15) is 43.0 Å². The zero-order valence-corrected chi connectivity index (χ0v) is 18.4. The topological polar surface area (TPSA) is 76.4 Å². The molecule has 0 saturated heterocycles. The van der Waals surface area contributed by atoms with Crippen LogP contribution in [0.3, 0.4) is 0 Å². The highest BCUT2D eigenvalue weighted by Gasteiger charge is 2.17. The highest BCUT2D eigenvalue weighted by atomic mass is 16.5. The van der Waals surface area contributed by atoms with Gasteiger partial charge in [-0.1, -0.05) is 24.3 Å². The summed E-state index contributed by atoms with van der Waals surface area (Å²) in [6.07, 6.45) is 2.29. The molecule has 7 heteroatoms. The minimum atomic E-state index is 0.150. The van der Waals surface area contributed by atoms with Gasteiger partial charge in [0.05, 0.1) is 19.2 Å². The van der Waals surface area contributed by atoms with Crippen molar-refractivity contribution >= 4 is 11.6 Å². The van der Waals surface area contributed by atoms with Gasteiger partial charge in [0.15, 0.2) is 11.8 Å². The van der Waals surface area contributed by atoms with Gasteiger partial charge in [-0.05, 0) is 62.6 Å². The molecule has 1 aliphatic rings. The summed E-state index contributed by atoms with van der Waals surface area (Å²) in [7, 11) is 0. The maximum atomic E-state index is 5.74. The first-order chi connectivity index (χ1) is 15.1. The quantitative estimate of drug-likeness (QED) is 0.447. The summed E-state index contributed by atoms with van der Waals surface area (Å²) in [6, 6.07) is 16.2.